The van der Waals surface area contributed by atoms with Crippen molar-refractivity contribution in [2.75, 3.05) is 0 Å². The predicted molar refractivity (Wildman–Crippen MR) is 69.7 cm³/mol. The van der Waals surface area contributed by atoms with Crippen molar-refractivity contribution in [1.82, 2.24) is 5.32 Å². The van der Waals surface area contributed by atoms with Crippen molar-refractivity contribution in [3.8, 4) is 0 Å². The van der Waals surface area contributed by atoms with Crippen molar-refractivity contribution >= 4 is 11.9 Å². The van der Waals surface area contributed by atoms with Crippen LogP contribution >= 0.6 is 0 Å². The van der Waals surface area contributed by atoms with Crippen LogP contribution in [0.25, 0.3) is 0 Å². The number of carbonyl (C=O) groups is 2. The molecule has 0 aromatic heterocycles. The van der Waals surface area contributed by atoms with Gasteiger partial charge in [0.1, 0.15) is 6.04 Å². The lowest BCUT2D eigenvalue weighted by atomic mass is 9.86. The van der Waals surface area contributed by atoms with Crippen LogP contribution in [0, 0.1) is 0 Å². The van der Waals surface area contributed by atoms with Gasteiger partial charge in [0.05, 0.1) is 0 Å². The molecule has 0 aliphatic carbocycles. The number of hydrogen-bond donors (Lipinski definition) is 2. The summed E-state index contributed by atoms with van der Waals surface area (Å²) in [6.07, 6.45) is 0. The molecule has 1 atom stereocenters. The van der Waals surface area contributed by atoms with E-state index in [4.69, 9.17) is 5.11 Å². The molecule has 0 aliphatic rings. The second-order valence-corrected chi connectivity index (χ2v) is 5.36. The molecule has 2 N–H and O–H groups in total. The van der Waals surface area contributed by atoms with Crippen LogP contribution in [-0.2, 0) is 10.2 Å². The SMILES string of the molecule is C[C@@H](NC(=O)c1ccc(C(C)(C)C)cc1)C(=O)O. The standard InChI is InChI=1S/C14H19NO3/c1-9(13(17)18)15-12(16)10-5-7-11(8-6-10)14(2,3)4/h5-9H,1-4H3,(H,15,16)(H,17,18)/t9-/m1/s1. The second-order valence-electron chi connectivity index (χ2n) is 5.36. The van der Waals surface area contributed by atoms with Crippen LogP contribution in [-0.4, -0.2) is 23.0 Å². The molecule has 1 amide bonds. The lowest BCUT2D eigenvalue weighted by Crippen LogP contribution is -2.38. The van der Waals surface area contributed by atoms with Gasteiger partial charge in [-0.05, 0) is 30.0 Å². The first-order valence-corrected chi connectivity index (χ1v) is 5.86. The number of carbonyl (C=O) groups excluding carboxylic acids is 1. The maximum absolute atomic E-state index is 11.7. The fourth-order valence-corrected chi connectivity index (χ4v) is 1.46. The van der Waals surface area contributed by atoms with Gasteiger partial charge in [-0.3, -0.25) is 9.59 Å². The molecule has 0 spiro atoms. The Hall–Kier alpha value is -1.84. The summed E-state index contributed by atoms with van der Waals surface area (Å²) in [6, 6.07) is 6.31. The van der Waals surface area contributed by atoms with E-state index in [1.807, 2.05) is 12.1 Å². The average molecular weight is 249 g/mol. The van der Waals surface area contributed by atoms with E-state index in [0.29, 0.717) is 5.56 Å². The summed E-state index contributed by atoms with van der Waals surface area (Å²) in [7, 11) is 0. The maximum atomic E-state index is 11.7. The summed E-state index contributed by atoms with van der Waals surface area (Å²) in [6.45, 7) is 7.71. The highest BCUT2D eigenvalue weighted by molar-refractivity contribution is 5.96. The normalized spacial score (nSPS) is 12.9. The molecule has 4 nitrogen and oxygen atoms in total. The molecule has 0 unspecified atom stereocenters. The number of benzene rings is 1. The lowest BCUT2D eigenvalue weighted by Gasteiger charge is -2.19. The monoisotopic (exact) mass is 249 g/mol. The largest absolute Gasteiger partial charge is 0.480 e. The van der Waals surface area contributed by atoms with Crippen molar-refractivity contribution < 1.29 is 14.7 Å². The second kappa shape index (κ2) is 5.21. The first-order valence-electron chi connectivity index (χ1n) is 5.86. The third-order valence-corrected chi connectivity index (χ3v) is 2.73. The summed E-state index contributed by atoms with van der Waals surface area (Å²) in [4.78, 5) is 22.4. The summed E-state index contributed by atoms with van der Waals surface area (Å²) in [5, 5.41) is 11.1. The van der Waals surface area contributed by atoms with Crippen LogP contribution in [0.15, 0.2) is 24.3 Å². The van der Waals surface area contributed by atoms with Crippen molar-refractivity contribution in [3.05, 3.63) is 35.4 Å². The van der Waals surface area contributed by atoms with Gasteiger partial charge < -0.3 is 10.4 Å². The summed E-state index contributed by atoms with van der Waals surface area (Å²) in [5.74, 6) is -1.42. The maximum Gasteiger partial charge on any atom is 0.325 e. The highest BCUT2D eigenvalue weighted by Crippen LogP contribution is 2.22. The lowest BCUT2D eigenvalue weighted by molar-refractivity contribution is -0.138. The first-order chi connectivity index (χ1) is 8.21. The Labute approximate surface area is 107 Å². The van der Waals surface area contributed by atoms with E-state index in [-0.39, 0.29) is 11.3 Å². The van der Waals surface area contributed by atoms with E-state index in [1.165, 1.54) is 6.92 Å². The summed E-state index contributed by atoms with van der Waals surface area (Å²) in [5.41, 5.74) is 1.63. The number of aliphatic carboxylic acids is 1. The van der Waals surface area contributed by atoms with Gasteiger partial charge in [0.15, 0.2) is 0 Å². The zero-order chi connectivity index (χ0) is 13.9. The summed E-state index contributed by atoms with van der Waals surface area (Å²) < 4.78 is 0. The van der Waals surface area contributed by atoms with Gasteiger partial charge in [0, 0.05) is 5.56 Å². The van der Waals surface area contributed by atoms with Gasteiger partial charge in [0.2, 0.25) is 0 Å². The van der Waals surface area contributed by atoms with Crippen LogP contribution in [0.1, 0.15) is 43.6 Å². The Morgan fingerprint density at radius 1 is 1.17 bits per heavy atom. The van der Waals surface area contributed by atoms with E-state index in [1.54, 1.807) is 12.1 Å². The van der Waals surface area contributed by atoms with Crippen LogP contribution in [0.2, 0.25) is 0 Å². The molecular formula is C14H19NO3. The minimum Gasteiger partial charge on any atom is -0.480 e. The zero-order valence-corrected chi connectivity index (χ0v) is 11.2. The van der Waals surface area contributed by atoms with Gasteiger partial charge in [-0.1, -0.05) is 32.9 Å². The molecule has 0 saturated heterocycles. The third-order valence-electron chi connectivity index (χ3n) is 2.73. The number of amides is 1. The number of hydrogen-bond acceptors (Lipinski definition) is 2. The van der Waals surface area contributed by atoms with Crippen molar-refractivity contribution in [2.45, 2.75) is 39.2 Å². The van der Waals surface area contributed by atoms with Crippen LogP contribution in [0.4, 0.5) is 0 Å². The minimum atomic E-state index is -1.05. The fourth-order valence-electron chi connectivity index (χ4n) is 1.46. The number of nitrogens with one attached hydrogen (secondary N) is 1. The van der Waals surface area contributed by atoms with Gasteiger partial charge >= 0.3 is 5.97 Å². The molecule has 0 heterocycles. The topological polar surface area (TPSA) is 66.4 Å². The first kappa shape index (κ1) is 14.2. The van der Waals surface area contributed by atoms with E-state index >= 15 is 0 Å². The van der Waals surface area contributed by atoms with Crippen LogP contribution < -0.4 is 5.32 Å². The van der Waals surface area contributed by atoms with Gasteiger partial charge in [-0.25, -0.2) is 0 Å². The Morgan fingerprint density at radius 3 is 2.06 bits per heavy atom. The molecule has 1 aromatic carbocycles. The number of carboxylic acids is 1. The molecule has 0 fully saturated rings. The Morgan fingerprint density at radius 2 is 1.67 bits per heavy atom. The quantitative estimate of drug-likeness (QED) is 0.863. The van der Waals surface area contributed by atoms with Crippen molar-refractivity contribution in [1.29, 1.82) is 0 Å². The molecule has 18 heavy (non-hydrogen) atoms. The fraction of sp³-hybridized carbons (Fsp3) is 0.429. The van der Waals surface area contributed by atoms with E-state index < -0.39 is 12.0 Å². The average Bonchev–Trinajstić information content (AvgIpc) is 2.27. The molecule has 4 heteroatoms. The highest BCUT2D eigenvalue weighted by Gasteiger charge is 2.17. The Balaban J connectivity index is 2.80. The van der Waals surface area contributed by atoms with E-state index in [0.717, 1.165) is 5.56 Å². The molecule has 0 bridgehead atoms. The smallest absolute Gasteiger partial charge is 0.325 e. The molecule has 98 valence electrons. The molecule has 1 aromatic rings. The zero-order valence-electron chi connectivity index (χ0n) is 11.2. The molecule has 0 saturated carbocycles. The molecular weight excluding hydrogens is 230 g/mol. The molecule has 1 rings (SSSR count). The Kier molecular flexibility index (Phi) is 4.11. The van der Waals surface area contributed by atoms with Gasteiger partial charge in [0.25, 0.3) is 5.91 Å². The van der Waals surface area contributed by atoms with Crippen LogP contribution in [0.3, 0.4) is 0 Å². The third kappa shape index (κ3) is 3.58. The minimum absolute atomic E-state index is 0.0311. The van der Waals surface area contributed by atoms with Gasteiger partial charge in [-0.15, -0.1) is 0 Å². The van der Waals surface area contributed by atoms with E-state index in [9.17, 15) is 9.59 Å². The van der Waals surface area contributed by atoms with E-state index in [2.05, 4.69) is 26.1 Å². The van der Waals surface area contributed by atoms with Crippen molar-refractivity contribution in [2.24, 2.45) is 0 Å². The molecule has 0 radical (unpaired) electrons. The number of rotatable bonds is 3. The number of carboxylic acid groups (broad SMARTS) is 1. The van der Waals surface area contributed by atoms with Crippen LogP contribution in [0.5, 0.6) is 0 Å². The predicted octanol–water partition coefficient (Wildman–Crippen LogP) is 2.19. The van der Waals surface area contributed by atoms with Gasteiger partial charge in [-0.2, -0.15) is 0 Å². The highest BCUT2D eigenvalue weighted by atomic mass is 16.4. The molecule has 0 aliphatic heterocycles. The Bertz CT molecular complexity index is 443. The summed E-state index contributed by atoms with van der Waals surface area (Å²) >= 11 is 0. The van der Waals surface area contributed by atoms with Crippen molar-refractivity contribution in [3.63, 3.8) is 0 Å².